The minimum atomic E-state index is -0.695. The number of carbonyl (C=O) groups is 3. The SMILES string of the molecule is CCCCOC(=O)N1C[C@@H]2C[C@H]1[C@@H]1C(=O)N(c3ccc(C#N)c4ccccc34)C(=O)N21. The van der Waals surface area contributed by atoms with Crippen molar-refractivity contribution in [1.82, 2.24) is 9.80 Å². The molecule has 0 spiro atoms. The number of ether oxygens (including phenoxy) is 1. The maximum atomic E-state index is 13.4. The highest BCUT2D eigenvalue weighted by Crippen LogP contribution is 2.43. The van der Waals surface area contributed by atoms with E-state index < -0.39 is 12.1 Å². The van der Waals surface area contributed by atoms with Gasteiger partial charge in [-0.15, -0.1) is 0 Å². The number of benzene rings is 2. The summed E-state index contributed by atoms with van der Waals surface area (Å²) >= 11 is 0. The molecule has 3 aliphatic rings. The Hall–Kier alpha value is -3.60. The average Bonchev–Trinajstić information content (AvgIpc) is 3.45. The van der Waals surface area contributed by atoms with Crippen LogP contribution in [0.3, 0.4) is 0 Å². The third kappa shape index (κ3) is 2.76. The lowest BCUT2D eigenvalue weighted by Gasteiger charge is -2.34. The van der Waals surface area contributed by atoms with Crippen LogP contribution >= 0.6 is 0 Å². The van der Waals surface area contributed by atoms with Crippen molar-refractivity contribution >= 4 is 34.5 Å². The summed E-state index contributed by atoms with van der Waals surface area (Å²) < 4.78 is 5.35. The number of nitrogens with zero attached hydrogens (tertiary/aromatic N) is 4. The molecule has 8 heteroatoms. The number of anilines is 1. The predicted molar refractivity (Wildman–Crippen MR) is 112 cm³/mol. The number of carbonyl (C=O) groups excluding carboxylic acids is 3. The van der Waals surface area contributed by atoms with Crippen molar-refractivity contribution in [3.8, 4) is 6.07 Å². The first-order valence-electron chi connectivity index (χ1n) is 10.6. The second-order valence-corrected chi connectivity index (χ2v) is 8.18. The van der Waals surface area contributed by atoms with Crippen LogP contribution in [0.2, 0.25) is 0 Å². The van der Waals surface area contributed by atoms with Crippen molar-refractivity contribution in [2.24, 2.45) is 0 Å². The van der Waals surface area contributed by atoms with E-state index in [1.807, 2.05) is 25.1 Å². The molecular formula is C23H22N4O4. The standard InChI is InChI=1S/C23H22N4O4/c1-2-3-10-31-23(30)25-13-15-11-19(25)20-21(28)27(22(29)26(15)20)18-9-8-14(12-24)16-6-4-5-7-17(16)18/h4-9,15,19-20H,2-3,10-11,13H2,1H3/t15-,19-,20+/m0/s1. The molecule has 0 aromatic heterocycles. The van der Waals surface area contributed by atoms with Crippen molar-refractivity contribution in [2.45, 2.75) is 44.3 Å². The molecule has 3 aliphatic heterocycles. The molecule has 158 valence electrons. The molecule has 2 aromatic rings. The van der Waals surface area contributed by atoms with Crippen molar-refractivity contribution in [3.05, 3.63) is 42.0 Å². The second-order valence-electron chi connectivity index (χ2n) is 8.18. The molecule has 0 aliphatic carbocycles. The van der Waals surface area contributed by atoms with Gasteiger partial charge in [0.05, 0.1) is 36.0 Å². The van der Waals surface area contributed by atoms with Crippen molar-refractivity contribution in [1.29, 1.82) is 5.26 Å². The van der Waals surface area contributed by atoms with Gasteiger partial charge < -0.3 is 14.5 Å². The fourth-order valence-electron chi connectivity index (χ4n) is 5.05. The largest absolute Gasteiger partial charge is 0.449 e. The number of piperazine rings is 1. The molecule has 4 amide bonds. The van der Waals surface area contributed by atoms with Gasteiger partial charge in [0.25, 0.3) is 5.91 Å². The summed E-state index contributed by atoms with van der Waals surface area (Å²) in [6, 6.07) is 11.1. The molecule has 0 N–H and O–H groups in total. The fourth-order valence-corrected chi connectivity index (χ4v) is 5.05. The van der Waals surface area contributed by atoms with Gasteiger partial charge in [0, 0.05) is 17.3 Å². The maximum Gasteiger partial charge on any atom is 0.410 e. The zero-order chi connectivity index (χ0) is 21.7. The van der Waals surface area contributed by atoms with E-state index in [9.17, 15) is 19.6 Å². The minimum absolute atomic E-state index is 0.195. The van der Waals surface area contributed by atoms with Crippen LogP contribution in [0, 0.1) is 11.3 Å². The van der Waals surface area contributed by atoms with E-state index in [0.29, 0.717) is 41.6 Å². The van der Waals surface area contributed by atoms with E-state index in [0.717, 1.165) is 12.8 Å². The maximum absolute atomic E-state index is 13.4. The van der Waals surface area contributed by atoms with Gasteiger partial charge in [0.15, 0.2) is 0 Å². The molecule has 0 radical (unpaired) electrons. The summed E-state index contributed by atoms with van der Waals surface area (Å²) in [6.07, 6.45) is 1.90. The molecule has 3 fully saturated rings. The quantitative estimate of drug-likeness (QED) is 0.561. The first-order valence-corrected chi connectivity index (χ1v) is 10.6. The molecule has 3 atom stereocenters. The summed E-state index contributed by atoms with van der Waals surface area (Å²) in [5, 5.41) is 10.8. The third-order valence-electron chi connectivity index (χ3n) is 6.48. The Balaban J connectivity index is 1.47. The molecule has 3 saturated heterocycles. The van der Waals surface area contributed by atoms with Crippen molar-refractivity contribution in [3.63, 3.8) is 0 Å². The van der Waals surface area contributed by atoms with E-state index in [4.69, 9.17) is 4.74 Å². The third-order valence-corrected chi connectivity index (χ3v) is 6.48. The second kappa shape index (κ2) is 7.27. The number of likely N-dealkylation sites (tertiary alicyclic amines) is 1. The summed E-state index contributed by atoms with van der Waals surface area (Å²) in [5.74, 6) is -0.335. The topological polar surface area (TPSA) is 94.0 Å². The zero-order valence-electron chi connectivity index (χ0n) is 17.2. The van der Waals surface area contributed by atoms with Crippen molar-refractivity contribution in [2.75, 3.05) is 18.1 Å². The molecule has 2 aromatic carbocycles. The molecule has 2 bridgehead atoms. The van der Waals surface area contributed by atoms with Gasteiger partial charge in [-0.05, 0) is 25.0 Å². The lowest BCUT2D eigenvalue weighted by Crippen LogP contribution is -2.55. The Kier molecular flexibility index (Phi) is 4.54. The normalized spacial score (nSPS) is 24.1. The van der Waals surface area contributed by atoms with E-state index in [-0.39, 0.29) is 24.0 Å². The van der Waals surface area contributed by atoms with E-state index in [2.05, 4.69) is 6.07 Å². The van der Waals surface area contributed by atoms with Crippen LogP contribution in [0.4, 0.5) is 15.3 Å². The van der Waals surface area contributed by atoms with Crippen LogP contribution in [-0.4, -0.2) is 59.1 Å². The Labute approximate surface area is 179 Å². The summed E-state index contributed by atoms with van der Waals surface area (Å²) in [4.78, 5) is 43.7. The van der Waals surface area contributed by atoms with Gasteiger partial charge in [0.1, 0.15) is 6.04 Å². The molecule has 0 saturated carbocycles. The lowest BCUT2D eigenvalue weighted by molar-refractivity contribution is -0.121. The van der Waals surface area contributed by atoms with Crippen LogP contribution < -0.4 is 4.90 Å². The fraction of sp³-hybridized carbons (Fsp3) is 0.391. The molecule has 5 rings (SSSR count). The lowest BCUT2D eigenvalue weighted by atomic mass is 10.0. The Morgan fingerprint density at radius 3 is 2.71 bits per heavy atom. The summed E-state index contributed by atoms with van der Waals surface area (Å²) in [5.41, 5.74) is 0.954. The van der Waals surface area contributed by atoms with Crippen LogP contribution in [0.1, 0.15) is 31.7 Å². The Morgan fingerprint density at radius 2 is 1.97 bits per heavy atom. The van der Waals surface area contributed by atoms with Gasteiger partial charge in [-0.1, -0.05) is 37.6 Å². The number of nitriles is 1. The zero-order valence-corrected chi connectivity index (χ0v) is 17.2. The molecule has 31 heavy (non-hydrogen) atoms. The summed E-state index contributed by atoms with van der Waals surface area (Å²) in [7, 11) is 0. The van der Waals surface area contributed by atoms with Crippen LogP contribution in [-0.2, 0) is 9.53 Å². The van der Waals surface area contributed by atoms with E-state index in [1.165, 1.54) is 4.90 Å². The Morgan fingerprint density at radius 1 is 1.19 bits per heavy atom. The number of urea groups is 1. The number of fused-ring (bicyclic) bond motifs is 6. The van der Waals surface area contributed by atoms with Gasteiger partial charge in [-0.2, -0.15) is 5.26 Å². The van der Waals surface area contributed by atoms with E-state index in [1.54, 1.807) is 28.0 Å². The highest BCUT2D eigenvalue weighted by Gasteiger charge is 2.63. The smallest absolute Gasteiger partial charge is 0.410 e. The first kappa shape index (κ1) is 19.4. The minimum Gasteiger partial charge on any atom is -0.449 e. The number of unbranched alkanes of at least 4 members (excludes halogenated alkanes) is 1. The van der Waals surface area contributed by atoms with Gasteiger partial charge >= 0.3 is 12.1 Å². The van der Waals surface area contributed by atoms with Crippen molar-refractivity contribution < 1.29 is 19.1 Å². The van der Waals surface area contributed by atoms with Gasteiger partial charge in [-0.25, -0.2) is 14.5 Å². The number of amides is 4. The number of hydrogen-bond donors (Lipinski definition) is 0. The van der Waals surface area contributed by atoms with Crippen LogP contribution in [0.25, 0.3) is 10.8 Å². The monoisotopic (exact) mass is 418 g/mol. The van der Waals surface area contributed by atoms with Gasteiger partial charge in [-0.3, -0.25) is 4.79 Å². The summed E-state index contributed by atoms with van der Waals surface area (Å²) in [6.45, 7) is 2.76. The van der Waals surface area contributed by atoms with Gasteiger partial charge in [0.2, 0.25) is 0 Å². The highest BCUT2D eigenvalue weighted by molar-refractivity contribution is 6.25. The highest BCUT2D eigenvalue weighted by atomic mass is 16.6. The van der Waals surface area contributed by atoms with Crippen LogP contribution in [0.5, 0.6) is 0 Å². The average molecular weight is 418 g/mol. The predicted octanol–water partition coefficient (Wildman–Crippen LogP) is 3.24. The van der Waals surface area contributed by atoms with Crippen LogP contribution in [0.15, 0.2) is 36.4 Å². The molecule has 0 unspecified atom stereocenters. The number of hydrogen-bond acceptors (Lipinski definition) is 5. The van der Waals surface area contributed by atoms with E-state index >= 15 is 0 Å². The first-order chi connectivity index (χ1) is 15.1. The number of imide groups is 1. The molecular weight excluding hydrogens is 396 g/mol. The Bertz CT molecular complexity index is 1140. The number of rotatable bonds is 4. The molecule has 8 nitrogen and oxygen atoms in total. The molecule has 3 heterocycles.